The van der Waals surface area contributed by atoms with Crippen molar-refractivity contribution in [2.75, 3.05) is 0 Å². The zero-order valence-electron chi connectivity index (χ0n) is 10.2. The standard InChI is InChI=1S/C16H18O/c1-11(2)10-14-16-13(8-9-17-14)15(16)12-6-4-3-5-7-12/h3-9,13-16H,1,10H2,2H3/t13-,14-,15-,16+/m1/s1. The number of rotatable bonds is 3. The molecule has 4 atom stereocenters. The second-order valence-corrected chi connectivity index (χ2v) is 5.26. The molecule has 1 aliphatic carbocycles. The monoisotopic (exact) mass is 226 g/mol. The van der Waals surface area contributed by atoms with Crippen molar-refractivity contribution in [3.05, 3.63) is 60.4 Å². The van der Waals surface area contributed by atoms with E-state index in [1.165, 1.54) is 11.1 Å². The van der Waals surface area contributed by atoms with E-state index >= 15 is 0 Å². The number of fused-ring (bicyclic) bond motifs is 1. The molecular formula is C16H18O. The Bertz CT molecular complexity index is 446. The van der Waals surface area contributed by atoms with Crippen LogP contribution in [0.15, 0.2) is 54.8 Å². The van der Waals surface area contributed by atoms with Gasteiger partial charge in [0.05, 0.1) is 6.26 Å². The molecule has 88 valence electrons. The molecule has 0 bridgehead atoms. The first-order chi connectivity index (χ1) is 8.27. The summed E-state index contributed by atoms with van der Waals surface area (Å²) in [6, 6.07) is 10.8. The molecule has 0 radical (unpaired) electrons. The Labute approximate surface area is 103 Å². The zero-order valence-corrected chi connectivity index (χ0v) is 10.2. The Morgan fingerprint density at radius 2 is 2.06 bits per heavy atom. The van der Waals surface area contributed by atoms with Crippen LogP contribution < -0.4 is 0 Å². The van der Waals surface area contributed by atoms with Gasteiger partial charge in [0, 0.05) is 12.3 Å². The number of hydrogen-bond acceptors (Lipinski definition) is 1. The Kier molecular flexibility index (Phi) is 2.54. The van der Waals surface area contributed by atoms with E-state index in [0.717, 1.165) is 6.42 Å². The normalized spacial score (nSPS) is 33.7. The van der Waals surface area contributed by atoms with E-state index in [1.807, 2.05) is 6.26 Å². The van der Waals surface area contributed by atoms with E-state index in [4.69, 9.17) is 4.74 Å². The molecule has 1 aliphatic heterocycles. The number of allylic oxidation sites excluding steroid dienone is 1. The van der Waals surface area contributed by atoms with Gasteiger partial charge in [0.25, 0.3) is 0 Å². The minimum atomic E-state index is 0.327. The predicted octanol–water partition coefficient (Wildman–Crippen LogP) is 3.89. The zero-order chi connectivity index (χ0) is 11.8. The summed E-state index contributed by atoms with van der Waals surface area (Å²) in [5.74, 6) is 1.98. The van der Waals surface area contributed by atoms with Crippen LogP contribution in [0.2, 0.25) is 0 Å². The summed E-state index contributed by atoms with van der Waals surface area (Å²) < 4.78 is 5.75. The maximum absolute atomic E-state index is 5.75. The minimum Gasteiger partial charge on any atom is -0.498 e. The fraction of sp³-hybridized carbons (Fsp3) is 0.375. The smallest absolute Gasteiger partial charge is 0.105 e. The van der Waals surface area contributed by atoms with Crippen molar-refractivity contribution in [1.29, 1.82) is 0 Å². The van der Waals surface area contributed by atoms with Crippen LogP contribution in [-0.2, 0) is 4.74 Å². The van der Waals surface area contributed by atoms with Crippen LogP contribution in [0.4, 0.5) is 0 Å². The third-order valence-corrected chi connectivity index (χ3v) is 3.85. The molecule has 0 amide bonds. The van der Waals surface area contributed by atoms with Gasteiger partial charge in [0.2, 0.25) is 0 Å². The van der Waals surface area contributed by atoms with Crippen molar-refractivity contribution < 1.29 is 4.74 Å². The topological polar surface area (TPSA) is 9.23 Å². The molecule has 1 saturated carbocycles. The molecule has 1 heteroatoms. The van der Waals surface area contributed by atoms with Gasteiger partial charge in [-0.05, 0) is 30.4 Å². The van der Waals surface area contributed by atoms with Crippen LogP contribution in [0.25, 0.3) is 0 Å². The van der Waals surface area contributed by atoms with Gasteiger partial charge in [-0.15, -0.1) is 6.58 Å². The Morgan fingerprint density at radius 1 is 1.29 bits per heavy atom. The molecule has 1 fully saturated rings. The van der Waals surface area contributed by atoms with Crippen LogP contribution in [0.3, 0.4) is 0 Å². The van der Waals surface area contributed by atoms with E-state index < -0.39 is 0 Å². The quantitative estimate of drug-likeness (QED) is 0.710. The minimum absolute atomic E-state index is 0.327. The largest absolute Gasteiger partial charge is 0.498 e. The van der Waals surface area contributed by atoms with Gasteiger partial charge in [0.15, 0.2) is 0 Å². The second kappa shape index (κ2) is 4.06. The molecule has 17 heavy (non-hydrogen) atoms. The first-order valence-corrected chi connectivity index (χ1v) is 6.29. The van der Waals surface area contributed by atoms with Crippen molar-refractivity contribution in [2.45, 2.75) is 25.4 Å². The van der Waals surface area contributed by atoms with Gasteiger partial charge in [-0.2, -0.15) is 0 Å². The first kappa shape index (κ1) is 10.6. The fourth-order valence-electron chi connectivity index (χ4n) is 3.06. The molecule has 0 N–H and O–H groups in total. The van der Waals surface area contributed by atoms with E-state index in [-0.39, 0.29) is 0 Å². The Balaban J connectivity index is 1.79. The van der Waals surface area contributed by atoms with Crippen molar-refractivity contribution in [3.63, 3.8) is 0 Å². The molecule has 1 heterocycles. The Morgan fingerprint density at radius 3 is 2.76 bits per heavy atom. The van der Waals surface area contributed by atoms with Gasteiger partial charge in [-0.25, -0.2) is 0 Å². The maximum atomic E-state index is 5.75. The summed E-state index contributed by atoms with van der Waals surface area (Å²) in [6.07, 6.45) is 5.41. The van der Waals surface area contributed by atoms with E-state index in [2.05, 4.69) is 49.9 Å². The van der Waals surface area contributed by atoms with E-state index in [1.54, 1.807) is 0 Å². The number of ether oxygens (including phenoxy) is 1. The van der Waals surface area contributed by atoms with Crippen LogP contribution >= 0.6 is 0 Å². The summed E-state index contributed by atoms with van der Waals surface area (Å²) in [7, 11) is 0. The summed E-state index contributed by atoms with van der Waals surface area (Å²) in [6.45, 7) is 6.08. The van der Waals surface area contributed by atoms with E-state index in [9.17, 15) is 0 Å². The van der Waals surface area contributed by atoms with Crippen LogP contribution in [0.5, 0.6) is 0 Å². The van der Waals surface area contributed by atoms with Crippen LogP contribution in [0, 0.1) is 11.8 Å². The predicted molar refractivity (Wildman–Crippen MR) is 69.6 cm³/mol. The molecule has 1 aromatic rings. The van der Waals surface area contributed by atoms with E-state index in [0.29, 0.717) is 23.9 Å². The van der Waals surface area contributed by atoms with Gasteiger partial charge >= 0.3 is 0 Å². The lowest BCUT2D eigenvalue weighted by molar-refractivity contribution is 0.108. The molecule has 0 saturated heterocycles. The summed E-state index contributed by atoms with van der Waals surface area (Å²) in [4.78, 5) is 0. The average Bonchev–Trinajstić information content (AvgIpc) is 3.05. The number of hydrogen-bond donors (Lipinski definition) is 0. The van der Waals surface area contributed by atoms with Crippen molar-refractivity contribution >= 4 is 0 Å². The highest BCUT2D eigenvalue weighted by Crippen LogP contribution is 2.59. The van der Waals surface area contributed by atoms with Gasteiger partial charge in [-0.3, -0.25) is 0 Å². The molecule has 2 aliphatic rings. The van der Waals surface area contributed by atoms with Gasteiger partial charge in [0.1, 0.15) is 6.10 Å². The first-order valence-electron chi connectivity index (χ1n) is 6.29. The molecule has 0 spiro atoms. The highest BCUT2D eigenvalue weighted by Gasteiger charge is 2.55. The maximum Gasteiger partial charge on any atom is 0.105 e. The summed E-state index contributed by atoms with van der Waals surface area (Å²) in [5.41, 5.74) is 2.66. The van der Waals surface area contributed by atoms with Crippen molar-refractivity contribution in [3.8, 4) is 0 Å². The summed E-state index contributed by atoms with van der Waals surface area (Å²) in [5, 5.41) is 0. The molecule has 0 unspecified atom stereocenters. The SMILES string of the molecule is C=C(C)C[C@H]1OC=C[C@@H]2[C@@H](c3ccccc3)[C@@H]21. The Hall–Kier alpha value is -1.50. The number of benzene rings is 1. The lowest BCUT2D eigenvalue weighted by Crippen LogP contribution is -2.16. The van der Waals surface area contributed by atoms with Gasteiger partial charge < -0.3 is 4.74 Å². The molecule has 0 aromatic heterocycles. The second-order valence-electron chi connectivity index (χ2n) is 5.26. The molecule has 1 nitrogen and oxygen atoms in total. The van der Waals surface area contributed by atoms with Crippen molar-refractivity contribution in [1.82, 2.24) is 0 Å². The highest BCUT2D eigenvalue weighted by atomic mass is 16.5. The molecule has 3 rings (SSSR count). The summed E-state index contributed by atoms with van der Waals surface area (Å²) >= 11 is 0. The van der Waals surface area contributed by atoms with Crippen LogP contribution in [0.1, 0.15) is 24.8 Å². The average molecular weight is 226 g/mol. The van der Waals surface area contributed by atoms with Crippen LogP contribution in [-0.4, -0.2) is 6.10 Å². The van der Waals surface area contributed by atoms with Gasteiger partial charge in [-0.1, -0.05) is 35.9 Å². The van der Waals surface area contributed by atoms with Crippen molar-refractivity contribution in [2.24, 2.45) is 11.8 Å². The fourth-order valence-corrected chi connectivity index (χ4v) is 3.06. The third-order valence-electron chi connectivity index (χ3n) is 3.85. The highest BCUT2D eigenvalue weighted by molar-refractivity contribution is 5.33. The molecular weight excluding hydrogens is 208 g/mol. The lowest BCUT2D eigenvalue weighted by atomic mass is 10.0. The third kappa shape index (κ3) is 1.90. The lowest BCUT2D eigenvalue weighted by Gasteiger charge is -2.19. The molecule has 1 aromatic carbocycles.